The summed E-state index contributed by atoms with van der Waals surface area (Å²) >= 11 is 0. The summed E-state index contributed by atoms with van der Waals surface area (Å²) in [5.74, 6) is 3.91. The minimum Gasteiger partial charge on any atom is -0.493 e. The summed E-state index contributed by atoms with van der Waals surface area (Å²) in [7, 11) is 3.35. The molecule has 31 heavy (non-hydrogen) atoms. The van der Waals surface area contributed by atoms with Gasteiger partial charge in [-0.1, -0.05) is 37.5 Å². The molecule has 1 aliphatic carbocycles. The third-order valence-corrected chi connectivity index (χ3v) is 6.31. The molecular formula is C27H39NO3. The number of hydrogen-bond acceptors (Lipinski definition) is 4. The van der Waals surface area contributed by atoms with Crippen LogP contribution in [0.15, 0.2) is 42.5 Å². The maximum atomic E-state index is 5.85. The van der Waals surface area contributed by atoms with E-state index in [1.54, 1.807) is 14.2 Å². The lowest BCUT2D eigenvalue weighted by Crippen LogP contribution is -2.22. The largest absolute Gasteiger partial charge is 0.493 e. The van der Waals surface area contributed by atoms with Crippen LogP contribution in [-0.4, -0.2) is 26.9 Å². The molecule has 0 amide bonds. The van der Waals surface area contributed by atoms with Crippen LogP contribution in [0.4, 0.5) is 0 Å². The molecule has 0 heterocycles. The maximum absolute atomic E-state index is 5.85. The van der Waals surface area contributed by atoms with Crippen molar-refractivity contribution in [3.8, 4) is 17.2 Å². The molecule has 170 valence electrons. The van der Waals surface area contributed by atoms with E-state index in [-0.39, 0.29) is 6.10 Å². The van der Waals surface area contributed by atoms with E-state index in [4.69, 9.17) is 14.2 Å². The summed E-state index contributed by atoms with van der Waals surface area (Å²) in [6.07, 6.45) is 8.20. The van der Waals surface area contributed by atoms with Gasteiger partial charge in [0, 0.05) is 6.54 Å². The molecule has 1 fully saturated rings. The van der Waals surface area contributed by atoms with Gasteiger partial charge in [-0.3, -0.25) is 0 Å². The van der Waals surface area contributed by atoms with Crippen molar-refractivity contribution in [1.29, 1.82) is 0 Å². The number of rotatable bonds is 11. The van der Waals surface area contributed by atoms with Crippen LogP contribution in [0.5, 0.6) is 17.2 Å². The quantitative estimate of drug-likeness (QED) is 0.427. The van der Waals surface area contributed by atoms with E-state index in [1.807, 2.05) is 6.07 Å². The molecule has 0 radical (unpaired) electrons. The van der Waals surface area contributed by atoms with Crippen molar-refractivity contribution < 1.29 is 14.2 Å². The SMILES string of the molecule is COc1ccc(CNCC[C@H](c2ccc(OC(C)C)cc2)C2CCCCC2)cc1OC. The van der Waals surface area contributed by atoms with Crippen LogP contribution in [0.1, 0.15) is 69.4 Å². The van der Waals surface area contributed by atoms with E-state index >= 15 is 0 Å². The first-order chi connectivity index (χ1) is 15.1. The van der Waals surface area contributed by atoms with Crippen molar-refractivity contribution in [1.82, 2.24) is 5.32 Å². The Bertz CT molecular complexity index is 782. The molecule has 2 aromatic rings. The molecule has 1 atom stereocenters. The van der Waals surface area contributed by atoms with E-state index in [1.165, 1.54) is 43.2 Å². The van der Waals surface area contributed by atoms with Gasteiger partial charge in [0.25, 0.3) is 0 Å². The Morgan fingerprint density at radius 3 is 2.26 bits per heavy atom. The van der Waals surface area contributed by atoms with Crippen LogP contribution in [0, 0.1) is 5.92 Å². The third kappa shape index (κ3) is 6.90. The molecular weight excluding hydrogens is 386 g/mol. The highest BCUT2D eigenvalue weighted by Gasteiger charge is 2.24. The van der Waals surface area contributed by atoms with Crippen LogP contribution >= 0.6 is 0 Å². The zero-order valence-electron chi connectivity index (χ0n) is 19.7. The highest BCUT2D eigenvalue weighted by atomic mass is 16.5. The lowest BCUT2D eigenvalue weighted by molar-refractivity contribution is 0.242. The standard InChI is InChI=1S/C27H39NO3/c1-20(2)31-24-13-11-23(12-14-24)25(22-8-6-5-7-9-22)16-17-28-19-21-10-15-26(29-3)27(18-21)30-4/h10-15,18,20,22,25,28H,5-9,16-17,19H2,1-4H3/t25-/m0/s1. The Morgan fingerprint density at radius 2 is 1.61 bits per heavy atom. The topological polar surface area (TPSA) is 39.7 Å². The molecule has 1 aliphatic rings. The Balaban J connectivity index is 1.60. The number of nitrogens with one attached hydrogen (secondary N) is 1. The van der Waals surface area contributed by atoms with Crippen molar-refractivity contribution in [3.63, 3.8) is 0 Å². The fourth-order valence-corrected chi connectivity index (χ4v) is 4.76. The van der Waals surface area contributed by atoms with Crippen LogP contribution in [0.25, 0.3) is 0 Å². The van der Waals surface area contributed by atoms with Gasteiger partial charge in [0.2, 0.25) is 0 Å². The van der Waals surface area contributed by atoms with E-state index in [9.17, 15) is 0 Å². The van der Waals surface area contributed by atoms with Gasteiger partial charge in [-0.15, -0.1) is 0 Å². The number of benzene rings is 2. The first-order valence-electron chi connectivity index (χ1n) is 11.8. The van der Waals surface area contributed by atoms with E-state index in [2.05, 4.69) is 55.6 Å². The molecule has 4 nitrogen and oxygen atoms in total. The summed E-state index contributed by atoms with van der Waals surface area (Å²) in [6.45, 7) is 5.98. The van der Waals surface area contributed by atoms with Crippen LogP contribution in [0.3, 0.4) is 0 Å². The minimum absolute atomic E-state index is 0.209. The summed E-state index contributed by atoms with van der Waals surface area (Å²) in [5, 5.41) is 3.65. The van der Waals surface area contributed by atoms with Gasteiger partial charge in [0.15, 0.2) is 11.5 Å². The van der Waals surface area contributed by atoms with Gasteiger partial charge in [-0.2, -0.15) is 0 Å². The normalized spacial score (nSPS) is 15.6. The molecule has 0 unspecified atom stereocenters. The van der Waals surface area contributed by atoms with Crippen LogP contribution < -0.4 is 19.5 Å². The van der Waals surface area contributed by atoms with E-state index in [0.29, 0.717) is 5.92 Å². The molecule has 2 aromatic carbocycles. The summed E-state index contributed by atoms with van der Waals surface area (Å²) in [4.78, 5) is 0. The monoisotopic (exact) mass is 425 g/mol. The van der Waals surface area contributed by atoms with Crippen LogP contribution in [0.2, 0.25) is 0 Å². The fourth-order valence-electron chi connectivity index (χ4n) is 4.76. The zero-order chi connectivity index (χ0) is 22.1. The van der Waals surface area contributed by atoms with Gasteiger partial charge in [0.1, 0.15) is 5.75 Å². The molecule has 0 bridgehead atoms. The second-order valence-corrected chi connectivity index (χ2v) is 8.90. The fraction of sp³-hybridized carbons (Fsp3) is 0.556. The molecule has 0 aromatic heterocycles. The van der Waals surface area contributed by atoms with Crippen molar-refractivity contribution >= 4 is 0 Å². The van der Waals surface area contributed by atoms with Crippen molar-refractivity contribution in [3.05, 3.63) is 53.6 Å². The number of ether oxygens (including phenoxy) is 3. The van der Waals surface area contributed by atoms with Gasteiger partial charge in [0.05, 0.1) is 20.3 Å². The second-order valence-electron chi connectivity index (χ2n) is 8.90. The predicted octanol–water partition coefficient (Wildman–Crippen LogP) is 6.33. The zero-order valence-corrected chi connectivity index (χ0v) is 19.7. The first-order valence-corrected chi connectivity index (χ1v) is 11.8. The van der Waals surface area contributed by atoms with Crippen LogP contribution in [-0.2, 0) is 6.54 Å². The Morgan fingerprint density at radius 1 is 0.903 bits per heavy atom. The smallest absolute Gasteiger partial charge is 0.161 e. The van der Waals surface area contributed by atoms with Gasteiger partial charge in [-0.05, 0) is 86.9 Å². The first kappa shape index (κ1) is 23.5. The lowest BCUT2D eigenvalue weighted by Gasteiger charge is -2.31. The lowest BCUT2D eigenvalue weighted by atomic mass is 9.75. The molecule has 3 rings (SSSR count). The van der Waals surface area contributed by atoms with Gasteiger partial charge >= 0.3 is 0 Å². The Hall–Kier alpha value is -2.20. The van der Waals surface area contributed by atoms with Crippen molar-refractivity contribution in [2.45, 2.75) is 70.9 Å². The van der Waals surface area contributed by atoms with Gasteiger partial charge < -0.3 is 19.5 Å². The molecule has 0 saturated heterocycles. The maximum Gasteiger partial charge on any atom is 0.161 e. The van der Waals surface area contributed by atoms with Crippen molar-refractivity contribution in [2.75, 3.05) is 20.8 Å². The van der Waals surface area contributed by atoms with E-state index in [0.717, 1.165) is 42.7 Å². The summed E-state index contributed by atoms with van der Waals surface area (Å²) in [5.41, 5.74) is 2.66. The third-order valence-electron chi connectivity index (χ3n) is 6.31. The average molecular weight is 426 g/mol. The number of hydrogen-bond donors (Lipinski definition) is 1. The minimum atomic E-state index is 0.209. The number of methoxy groups -OCH3 is 2. The Kier molecular flexibility index (Phi) is 9.08. The predicted molar refractivity (Wildman–Crippen MR) is 127 cm³/mol. The summed E-state index contributed by atoms with van der Waals surface area (Å²) < 4.78 is 16.6. The summed E-state index contributed by atoms with van der Waals surface area (Å²) in [6, 6.07) is 15.0. The van der Waals surface area contributed by atoms with E-state index < -0.39 is 0 Å². The Labute approximate surface area is 188 Å². The second kappa shape index (κ2) is 12.0. The average Bonchev–Trinajstić information content (AvgIpc) is 2.80. The van der Waals surface area contributed by atoms with Crippen molar-refractivity contribution in [2.24, 2.45) is 5.92 Å². The highest BCUT2D eigenvalue weighted by molar-refractivity contribution is 5.42. The molecule has 0 aliphatic heterocycles. The molecule has 1 saturated carbocycles. The molecule has 0 spiro atoms. The molecule has 4 heteroatoms. The van der Waals surface area contributed by atoms with Gasteiger partial charge in [-0.25, -0.2) is 0 Å². The highest BCUT2D eigenvalue weighted by Crippen LogP contribution is 2.38. The molecule has 1 N–H and O–H groups in total.